The van der Waals surface area contributed by atoms with Crippen molar-refractivity contribution in [3.8, 4) is 0 Å². The SMILES string of the molecule is Cc1nc(C)c(C(=O)N[C@H]2[C@H]3CCO[C@H]3[C@@H]2NS(C)(=O)=O)o1. The highest BCUT2D eigenvalue weighted by molar-refractivity contribution is 7.88. The van der Waals surface area contributed by atoms with Crippen LogP contribution in [-0.4, -0.2) is 50.4 Å². The number of nitrogens with zero attached hydrogens (tertiary/aromatic N) is 1. The summed E-state index contributed by atoms with van der Waals surface area (Å²) in [6.07, 6.45) is 1.71. The molecule has 0 radical (unpaired) electrons. The molecular formula is C13H19N3O5S. The number of sulfonamides is 1. The minimum absolute atomic E-state index is 0.118. The number of amides is 1. The molecule has 3 rings (SSSR count). The van der Waals surface area contributed by atoms with Gasteiger partial charge in [0, 0.05) is 19.4 Å². The average molecular weight is 329 g/mol. The smallest absolute Gasteiger partial charge is 0.289 e. The van der Waals surface area contributed by atoms with Crippen molar-refractivity contribution in [2.45, 2.75) is 38.5 Å². The Labute approximate surface area is 128 Å². The quantitative estimate of drug-likeness (QED) is 0.786. The second kappa shape index (κ2) is 5.32. The van der Waals surface area contributed by atoms with Gasteiger partial charge in [-0.1, -0.05) is 0 Å². The van der Waals surface area contributed by atoms with Gasteiger partial charge < -0.3 is 14.5 Å². The third kappa shape index (κ3) is 2.75. The molecule has 2 N–H and O–H groups in total. The van der Waals surface area contributed by atoms with E-state index in [0.717, 1.165) is 12.7 Å². The second-order valence-corrected chi connectivity index (χ2v) is 7.63. The lowest BCUT2D eigenvalue weighted by molar-refractivity contribution is -0.0197. The van der Waals surface area contributed by atoms with Gasteiger partial charge >= 0.3 is 0 Å². The molecule has 1 aromatic heterocycles. The van der Waals surface area contributed by atoms with Crippen LogP contribution in [0.15, 0.2) is 4.42 Å². The number of rotatable bonds is 4. The number of aryl methyl sites for hydroxylation is 2. The first-order valence-corrected chi connectivity index (χ1v) is 8.99. The molecule has 122 valence electrons. The van der Waals surface area contributed by atoms with Gasteiger partial charge in [0.2, 0.25) is 15.8 Å². The fourth-order valence-electron chi connectivity index (χ4n) is 3.25. The number of fused-ring (bicyclic) bond motifs is 1. The number of carbonyl (C=O) groups excluding carboxylic acids is 1. The van der Waals surface area contributed by atoms with Crippen LogP contribution < -0.4 is 10.0 Å². The molecule has 0 bridgehead atoms. The van der Waals surface area contributed by atoms with E-state index in [0.29, 0.717) is 18.2 Å². The number of carbonyl (C=O) groups is 1. The lowest BCUT2D eigenvalue weighted by Gasteiger charge is -2.47. The zero-order valence-electron chi connectivity index (χ0n) is 12.6. The number of nitrogens with one attached hydrogen (secondary N) is 2. The monoisotopic (exact) mass is 329 g/mol. The van der Waals surface area contributed by atoms with Crippen LogP contribution in [0.25, 0.3) is 0 Å². The zero-order chi connectivity index (χ0) is 16.1. The highest BCUT2D eigenvalue weighted by Crippen LogP contribution is 2.39. The Morgan fingerprint density at radius 1 is 1.32 bits per heavy atom. The molecule has 1 aromatic rings. The van der Waals surface area contributed by atoms with Crippen LogP contribution in [0.4, 0.5) is 0 Å². The fraction of sp³-hybridized carbons (Fsp3) is 0.692. The van der Waals surface area contributed by atoms with Crippen LogP contribution in [-0.2, 0) is 14.8 Å². The van der Waals surface area contributed by atoms with Crippen LogP contribution in [0, 0.1) is 19.8 Å². The van der Waals surface area contributed by atoms with E-state index in [1.807, 2.05) is 0 Å². The number of aromatic nitrogens is 1. The molecule has 1 saturated carbocycles. The normalized spacial score (nSPS) is 30.7. The summed E-state index contributed by atoms with van der Waals surface area (Å²) in [6, 6.07) is -0.754. The molecule has 0 spiro atoms. The molecule has 1 aliphatic carbocycles. The Morgan fingerprint density at radius 3 is 2.64 bits per heavy atom. The summed E-state index contributed by atoms with van der Waals surface area (Å²) < 4.78 is 36.3. The maximum atomic E-state index is 12.3. The third-order valence-electron chi connectivity index (χ3n) is 4.14. The van der Waals surface area contributed by atoms with Crippen LogP contribution in [0.3, 0.4) is 0 Å². The van der Waals surface area contributed by atoms with E-state index in [4.69, 9.17) is 9.15 Å². The van der Waals surface area contributed by atoms with Crippen LogP contribution in [0.2, 0.25) is 0 Å². The Kier molecular flexibility index (Phi) is 3.74. The molecule has 1 aliphatic heterocycles. The highest BCUT2D eigenvalue weighted by Gasteiger charge is 2.55. The van der Waals surface area contributed by atoms with E-state index < -0.39 is 16.1 Å². The molecule has 22 heavy (non-hydrogen) atoms. The van der Waals surface area contributed by atoms with Crippen molar-refractivity contribution >= 4 is 15.9 Å². The van der Waals surface area contributed by atoms with E-state index in [2.05, 4.69) is 15.0 Å². The third-order valence-corrected chi connectivity index (χ3v) is 4.84. The van der Waals surface area contributed by atoms with Crippen molar-refractivity contribution in [2.24, 2.45) is 5.92 Å². The molecule has 8 nitrogen and oxygen atoms in total. The first kappa shape index (κ1) is 15.4. The Bertz CT molecular complexity index is 699. The first-order chi connectivity index (χ1) is 10.3. The number of hydrogen-bond acceptors (Lipinski definition) is 6. The van der Waals surface area contributed by atoms with Crippen LogP contribution >= 0.6 is 0 Å². The average Bonchev–Trinajstić information content (AvgIpc) is 2.96. The molecule has 1 saturated heterocycles. The van der Waals surface area contributed by atoms with Gasteiger partial charge in [0.15, 0.2) is 5.89 Å². The summed E-state index contributed by atoms with van der Waals surface area (Å²) in [4.78, 5) is 16.4. The van der Waals surface area contributed by atoms with Gasteiger partial charge in [0.05, 0.1) is 30.1 Å². The number of oxazole rings is 1. The Morgan fingerprint density at radius 2 is 2.05 bits per heavy atom. The first-order valence-electron chi connectivity index (χ1n) is 7.10. The molecule has 2 fully saturated rings. The second-order valence-electron chi connectivity index (χ2n) is 5.85. The standard InChI is InChI=1S/C13H19N3O5S/c1-6-11(21-7(2)14-6)13(17)15-9-8-4-5-20-12(8)10(9)16-22(3,18)19/h8-10,12,16H,4-5H2,1-3H3,(H,15,17)/t8-,9+,10-,12-/m1/s1. The van der Waals surface area contributed by atoms with Gasteiger partial charge in [-0.3, -0.25) is 4.79 Å². The van der Waals surface area contributed by atoms with Crippen molar-refractivity contribution in [3.05, 3.63) is 17.3 Å². The Hall–Kier alpha value is -1.45. The van der Waals surface area contributed by atoms with Crippen molar-refractivity contribution in [1.82, 2.24) is 15.0 Å². The summed E-state index contributed by atoms with van der Waals surface area (Å²) in [5.74, 6) is 0.323. The van der Waals surface area contributed by atoms with Gasteiger partial charge in [-0.15, -0.1) is 0 Å². The molecule has 1 amide bonds. The molecule has 2 aliphatic rings. The van der Waals surface area contributed by atoms with E-state index in [-0.39, 0.29) is 29.7 Å². The summed E-state index contributed by atoms with van der Waals surface area (Å²) in [6.45, 7) is 3.94. The summed E-state index contributed by atoms with van der Waals surface area (Å²) >= 11 is 0. The lowest BCUT2D eigenvalue weighted by Crippen LogP contribution is -2.70. The van der Waals surface area contributed by atoms with Crippen LogP contribution in [0.1, 0.15) is 28.6 Å². The van der Waals surface area contributed by atoms with E-state index in [9.17, 15) is 13.2 Å². The molecule has 9 heteroatoms. The molecule has 0 unspecified atom stereocenters. The van der Waals surface area contributed by atoms with Crippen LogP contribution in [0.5, 0.6) is 0 Å². The predicted octanol–water partition coefficient (Wildman–Crippen LogP) is -0.274. The maximum absolute atomic E-state index is 12.3. The van der Waals surface area contributed by atoms with Crippen molar-refractivity contribution in [1.29, 1.82) is 0 Å². The molecule has 0 aromatic carbocycles. The van der Waals surface area contributed by atoms with Crippen molar-refractivity contribution in [3.63, 3.8) is 0 Å². The Balaban J connectivity index is 1.75. The fourth-order valence-corrected chi connectivity index (χ4v) is 4.03. The zero-order valence-corrected chi connectivity index (χ0v) is 13.4. The molecule has 2 heterocycles. The molecule has 4 atom stereocenters. The largest absolute Gasteiger partial charge is 0.436 e. The minimum Gasteiger partial charge on any atom is -0.436 e. The van der Waals surface area contributed by atoms with E-state index in [1.54, 1.807) is 13.8 Å². The maximum Gasteiger partial charge on any atom is 0.289 e. The number of hydrogen-bond donors (Lipinski definition) is 2. The van der Waals surface area contributed by atoms with E-state index in [1.165, 1.54) is 0 Å². The lowest BCUT2D eigenvalue weighted by atomic mass is 9.72. The summed E-state index contributed by atoms with van der Waals surface area (Å²) in [5, 5.41) is 2.85. The summed E-state index contributed by atoms with van der Waals surface area (Å²) in [7, 11) is -3.38. The van der Waals surface area contributed by atoms with Gasteiger partial charge in [-0.2, -0.15) is 0 Å². The van der Waals surface area contributed by atoms with Gasteiger partial charge in [-0.05, 0) is 13.3 Å². The minimum atomic E-state index is -3.38. The van der Waals surface area contributed by atoms with Gasteiger partial charge in [0.25, 0.3) is 5.91 Å². The van der Waals surface area contributed by atoms with Crippen molar-refractivity contribution < 1.29 is 22.4 Å². The number of ether oxygens (including phenoxy) is 1. The topological polar surface area (TPSA) is 111 Å². The molecular weight excluding hydrogens is 310 g/mol. The van der Waals surface area contributed by atoms with E-state index >= 15 is 0 Å². The van der Waals surface area contributed by atoms with Crippen molar-refractivity contribution in [2.75, 3.05) is 12.9 Å². The van der Waals surface area contributed by atoms with Gasteiger partial charge in [-0.25, -0.2) is 18.1 Å². The predicted molar refractivity (Wildman–Crippen MR) is 76.8 cm³/mol. The highest BCUT2D eigenvalue weighted by atomic mass is 32.2. The summed E-state index contributed by atoms with van der Waals surface area (Å²) in [5.41, 5.74) is 0.515. The van der Waals surface area contributed by atoms with Gasteiger partial charge in [0.1, 0.15) is 0 Å².